The van der Waals surface area contributed by atoms with E-state index in [4.69, 9.17) is 21.4 Å². The van der Waals surface area contributed by atoms with Gasteiger partial charge in [0, 0.05) is 31.4 Å². The molecule has 3 N–H and O–H groups in total. The summed E-state index contributed by atoms with van der Waals surface area (Å²) in [6.07, 6.45) is 0.816. The Morgan fingerprint density at radius 3 is 2.40 bits per heavy atom. The molecule has 1 saturated heterocycles. The van der Waals surface area contributed by atoms with Crippen molar-refractivity contribution in [3.63, 3.8) is 0 Å². The highest BCUT2D eigenvalue weighted by Gasteiger charge is 2.34. The van der Waals surface area contributed by atoms with E-state index >= 15 is 0 Å². The van der Waals surface area contributed by atoms with Gasteiger partial charge in [0.1, 0.15) is 5.02 Å². The fourth-order valence-electron chi connectivity index (χ4n) is 4.77. The van der Waals surface area contributed by atoms with Crippen molar-refractivity contribution in [1.82, 2.24) is 9.62 Å². The topological polar surface area (TPSA) is 154 Å². The number of urea groups is 1. The van der Waals surface area contributed by atoms with Gasteiger partial charge in [-0.1, -0.05) is 54.1 Å². The molecule has 1 aromatic heterocycles. The molecule has 224 valence electrons. The number of nitrogens with zero attached hydrogens (tertiary/aromatic N) is 2. The van der Waals surface area contributed by atoms with E-state index in [1.165, 1.54) is 4.31 Å². The van der Waals surface area contributed by atoms with Crippen LogP contribution < -0.4 is 15.0 Å². The Morgan fingerprint density at radius 1 is 1.10 bits per heavy atom. The second-order valence-corrected chi connectivity index (χ2v) is 12.9. The molecule has 1 fully saturated rings. The molecule has 11 nitrogen and oxygen atoms in total. The summed E-state index contributed by atoms with van der Waals surface area (Å²) in [6, 6.07) is 15.1. The number of nitrogens with one attached hydrogen (secondary N) is 1. The van der Waals surface area contributed by atoms with Gasteiger partial charge in [0.25, 0.3) is 0 Å². The summed E-state index contributed by atoms with van der Waals surface area (Å²) in [7, 11) is -3.54. The van der Waals surface area contributed by atoms with Crippen molar-refractivity contribution >= 4 is 56.6 Å². The van der Waals surface area contributed by atoms with Crippen molar-refractivity contribution in [3.05, 3.63) is 70.1 Å². The predicted molar refractivity (Wildman–Crippen MR) is 160 cm³/mol. The Balaban J connectivity index is 1.59. The molecule has 1 aliphatic rings. The lowest BCUT2D eigenvalue weighted by Crippen LogP contribution is -2.52. The van der Waals surface area contributed by atoms with Crippen LogP contribution in [0.15, 0.2) is 54.6 Å². The smallest absolute Gasteiger partial charge is 0.349 e. The average Bonchev–Trinajstić information content (AvgIpc) is 3.29. The Morgan fingerprint density at radius 2 is 1.79 bits per heavy atom. The number of carboxylic acids is 2. The van der Waals surface area contributed by atoms with Crippen LogP contribution in [0.4, 0.5) is 10.5 Å². The number of amides is 2. The van der Waals surface area contributed by atoms with Crippen LogP contribution in [-0.4, -0.2) is 73.2 Å². The fourth-order valence-corrected chi connectivity index (χ4v) is 7.73. The molecule has 0 atom stereocenters. The van der Waals surface area contributed by atoms with Crippen molar-refractivity contribution in [2.24, 2.45) is 0 Å². The number of carbonyl (C=O) groups excluding carboxylic acids is 1. The number of aliphatic carboxylic acids is 1. The van der Waals surface area contributed by atoms with Crippen LogP contribution in [0, 0.1) is 0 Å². The minimum Gasteiger partial charge on any atom is -0.479 e. The molecule has 0 aliphatic carbocycles. The monoisotopic (exact) mass is 635 g/mol. The van der Waals surface area contributed by atoms with E-state index in [2.05, 4.69) is 5.32 Å². The maximum absolute atomic E-state index is 13.3. The van der Waals surface area contributed by atoms with Gasteiger partial charge in [0.05, 0.1) is 10.6 Å². The zero-order valence-corrected chi connectivity index (χ0v) is 25.0. The molecule has 0 radical (unpaired) electrons. The minimum atomic E-state index is -3.54. The van der Waals surface area contributed by atoms with Gasteiger partial charge in [0.2, 0.25) is 10.0 Å². The lowest BCUT2D eigenvalue weighted by atomic mass is 10.0. The zero-order chi connectivity index (χ0) is 30.4. The van der Waals surface area contributed by atoms with Gasteiger partial charge in [-0.3, -0.25) is 4.90 Å². The van der Waals surface area contributed by atoms with E-state index in [0.29, 0.717) is 41.1 Å². The zero-order valence-electron chi connectivity index (χ0n) is 22.7. The van der Waals surface area contributed by atoms with E-state index in [-0.39, 0.29) is 46.6 Å². The number of benzene rings is 2. The number of ether oxygens (including phenoxy) is 1. The summed E-state index contributed by atoms with van der Waals surface area (Å²) in [5, 5.41) is 21.4. The molecule has 0 spiro atoms. The Bertz CT molecular complexity index is 1550. The number of hydrogen-bond donors (Lipinski definition) is 3. The number of carbonyl (C=O) groups is 3. The van der Waals surface area contributed by atoms with Crippen LogP contribution in [0.25, 0.3) is 10.4 Å². The first-order valence-corrected chi connectivity index (χ1v) is 15.9. The van der Waals surface area contributed by atoms with Crippen LogP contribution in [0.1, 0.15) is 35.0 Å². The lowest BCUT2D eigenvalue weighted by Gasteiger charge is -2.38. The maximum Gasteiger partial charge on any atom is 0.349 e. The van der Waals surface area contributed by atoms with Gasteiger partial charge in [-0.15, -0.1) is 11.3 Å². The molecule has 0 bridgehead atoms. The van der Waals surface area contributed by atoms with E-state index < -0.39 is 28.6 Å². The number of aromatic carboxylic acids is 1. The summed E-state index contributed by atoms with van der Waals surface area (Å²) < 4.78 is 32.8. The minimum absolute atomic E-state index is 0.0442. The van der Waals surface area contributed by atoms with Crippen molar-refractivity contribution in [2.45, 2.75) is 31.6 Å². The van der Waals surface area contributed by atoms with E-state index in [9.17, 15) is 27.9 Å². The van der Waals surface area contributed by atoms with Crippen LogP contribution >= 0.6 is 22.9 Å². The van der Waals surface area contributed by atoms with Gasteiger partial charge >= 0.3 is 18.0 Å². The molecule has 0 unspecified atom stereocenters. The van der Waals surface area contributed by atoms with Gasteiger partial charge in [-0.25, -0.2) is 27.1 Å². The SMILES string of the molecule is CCNC(=O)N(c1cccc(-c2sc(C(=O)O)c(OCC(=O)O)c2Cl)c1)C1CCN(S(=O)(=O)Cc2ccccc2)CC1. The summed E-state index contributed by atoms with van der Waals surface area (Å²) in [5.41, 5.74) is 1.72. The summed E-state index contributed by atoms with van der Waals surface area (Å²) in [4.78, 5) is 37.8. The summed E-state index contributed by atoms with van der Waals surface area (Å²) in [5.74, 6) is -2.93. The molecule has 42 heavy (non-hydrogen) atoms. The molecule has 2 heterocycles. The standard InChI is InChI=1S/C28H30ClN3O8S2/c1-2-30-28(37)32(20-11-13-31(14-12-20)42(38,39)17-18-7-4-3-5-8-18)21-10-6-9-19(15-21)25-23(29)24(40-16-22(33)34)26(41-25)27(35)36/h3-10,15,20H,2,11-14,16-17H2,1H3,(H,30,37)(H,33,34)(H,35,36). The largest absolute Gasteiger partial charge is 0.479 e. The molecule has 2 amide bonds. The number of anilines is 1. The third-order valence-electron chi connectivity index (χ3n) is 6.65. The van der Waals surface area contributed by atoms with Crippen molar-refractivity contribution in [1.29, 1.82) is 0 Å². The molecule has 3 aromatic rings. The quantitative estimate of drug-likeness (QED) is 0.273. The normalized spacial score (nSPS) is 14.3. The van der Waals surface area contributed by atoms with E-state index in [1.807, 2.05) is 6.07 Å². The lowest BCUT2D eigenvalue weighted by molar-refractivity contribution is -0.139. The third-order valence-corrected chi connectivity index (χ3v) is 10.2. The van der Waals surface area contributed by atoms with Gasteiger partial charge in [0.15, 0.2) is 17.2 Å². The highest BCUT2D eigenvalue weighted by atomic mass is 35.5. The summed E-state index contributed by atoms with van der Waals surface area (Å²) in [6.45, 7) is 1.91. The Kier molecular flexibility index (Phi) is 10.1. The van der Waals surface area contributed by atoms with Crippen LogP contribution in [-0.2, 0) is 20.6 Å². The summed E-state index contributed by atoms with van der Waals surface area (Å²) >= 11 is 7.31. The maximum atomic E-state index is 13.3. The highest BCUT2D eigenvalue weighted by molar-refractivity contribution is 7.88. The molecular weight excluding hydrogens is 606 g/mol. The number of carboxylic acid groups (broad SMARTS) is 2. The number of sulfonamides is 1. The first kappa shape index (κ1) is 31.3. The highest BCUT2D eigenvalue weighted by Crippen LogP contribution is 2.46. The molecule has 2 aromatic carbocycles. The molecular formula is C28H30ClN3O8S2. The van der Waals surface area contributed by atoms with Crippen LogP contribution in [0.5, 0.6) is 5.75 Å². The average molecular weight is 636 g/mol. The Hall–Kier alpha value is -3.65. The van der Waals surface area contributed by atoms with E-state index in [0.717, 1.165) is 11.3 Å². The fraction of sp³-hybridized carbons (Fsp3) is 0.321. The van der Waals surface area contributed by atoms with Crippen molar-refractivity contribution in [3.8, 4) is 16.2 Å². The van der Waals surface area contributed by atoms with Crippen LogP contribution in [0.2, 0.25) is 5.02 Å². The number of halogens is 1. The van der Waals surface area contributed by atoms with Crippen LogP contribution in [0.3, 0.4) is 0 Å². The first-order chi connectivity index (χ1) is 20.0. The molecule has 1 aliphatic heterocycles. The van der Waals surface area contributed by atoms with Crippen molar-refractivity contribution in [2.75, 3.05) is 31.1 Å². The van der Waals surface area contributed by atoms with Gasteiger partial charge in [-0.2, -0.15) is 0 Å². The number of rotatable bonds is 11. The third kappa shape index (κ3) is 7.21. The number of thiophene rings is 1. The first-order valence-electron chi connectivity index (χ1n) is 13.1. The van der Waals surface area contributed by atoms with Gasteiger partial charge < -0.3 is 20.3 Å². The molecule has 4 rings (SSSR count). The van der Waals surface area contributed by atoms with E-state index in [1.54, 1.807) is 60.4 Å². The Labute approximate surface area is 252 Å². The number of hydrogen-bond acceptors (Lipinski definition) is 7. The van der Waals surface area contributed by atoms with Gasteiger partial charge in [-0.05, 0) is 43.0 Å². The molecule has 0 saturated carbocycles. The molecule has 14 heteroatoms. The predicted octanol–water partition coefficient (Wildman–Crippen LogP) is 4.76. The second kappa shape index (κ2) is 13.6. The van der Waals surface area contributed by atoms with Crippen molar-refractivity contribution < 1.29 is 37.8 Å². The second-order valence-electron chi connectivity index (χ2n) is 9.52. The number of piperidine rings is 1.